The van der Waals surface area contributed by atoms with Gasteiger partial charge in [-0.25, -0.2) is 0 Å². The second-order valence-electron chi connectivity index (χ2n) is 5.62. The highest BCUT2D eigenvalue weighted by atomic mass is 16.5. The quantitative estimate of drug-likeness (QED) is 0.762. The highest BCUT2D eigenvalue weighted by Gasteiger charge is 2.39. The van der Waals surface area contributed by atoms with Gasteiger partial charge in [0.15, 0.2) is 0 Å². The summed E-state index contributed by atoms with van der Waals surface area (Å²) in [5, 5.41) is 12.4. The second kappa shape index (κ2) is 4.34. The molecule has 0 bridgehead atoms. The molecule has 2 rings (SSSR count). The zero-order valence-corrected chi connectivity index (χ0v) is 10.0. The predicted octanol–water partition coefficient (Wildman–Crippen LogP) is 1.40. The van der Waals surface area contributed by atoms with Crippen molar-refractivity contribution in [2.75, 3.05) is 6.61 Å². The summed E-state index contributed by atoms with van der Waals surface area (Å²) < 4.78 is 5.63. The molecule has 2 fully saturated rings. The average molecular weight is 227 g/mol. The number of carboxylic acid groups (broad SMARTS) is 1. The van der Waals surface area contributed by atoms with Crippen LogP contribution in [0.15, 0.2) is 0 Å². The molecule has 4 nitrogen and oxygen atoms in total. The number of carboxylic acids is 1. The van der Waals surface area contributed by atoms with Crippen molar-refractivity contribution in [3.63, 3.8) is 0 Å². The maximum atomic E-state index is 11.1. The van der Waals surface area contributed by atoms with Gasteiger partial charge < -0.3 is 15.2 Å². The molecule has 1 heterocycles. The third-order valence-electron chi connectivity index (χ3n) is 3.47. The predicted molar refractivity (Wildman–Crippen MR) is 60.3 cm³/mol. The Kier molecular flexibility index (Phi) is 3.22. The smallest absolute Gasteiger partial charge is 0.320 e. The largest absolute Gasteiger partial charge is 0.480 e. The molecular formula is C12H21NO3. The van der Waals surface area contributed by atoms with Crippen molar-refractivity contribution < 1.29 is 14.6 Å². The maximum absolute atomic E-state index is 11.1. The summed E-state index contributed by atoms with van der Waals surface area (Å²) in [5.74, 6) is -0.352. The van der Waals surface area contributed by atoms with E-state index in [4.69, 9.17) is 9.84 Å². The molecule has 16 heavy (non-hydrogen) atoms. The van der Waals surface area contributed by atoms with Crippen molar-refractivity contribution in [3.05, 3.63) is 0 Å². The number of hydrogen-bond acceptors (Lipinski definition) is 3. The lowest BCUT2D eigenvalue weighted by Gasteiger charge is -2.37. The van der Waals surface area contributed by atoms with Gasteiger partial charge in [-0.1, -0.05) is 0 Å². The Bertz CT molecular complexity index is 273. The first-order valence-electron chi connectivity index (χ1n) is 6.11. The maximum Gasteiger partial charge on any atom is 0.320 e. The minimum Gasteiger partial charge on any atom is -0.480 e. The molecule has 1 saturated carbocycles. The Morgan fingerprint density at radius 1 is 1.44 bits per heavy atom. The normalized spacial score (nSPS) is 31.0. The summed E-state index contributed by atoms with van der Waals surface area (Å²) in [6.45, 7) is 4.85. The SMILES string of the molecule is CC1(C)CC(NC(C(=O)O)C2CC2)CCO1. The number of rotatable bonds is 4. The van der Waals surface area contributed by atoms with Gasteiger partial charge in [-0.3, -0.25) is 4.79 Å². The number of nitrogens with one attached hydrogen (secondary N) is 1. The first kappa shape index (κ1) is 11.9. The molecule has 0 aromatic carbocycles. The van der Waals surface area contributed by atoms with Crippen LogP contribution in [0.4, 0.5) is 0 Å². The lowest BCUT2D eigenvalue weighted by atomic mass is 9.93. The molecule has 0 aromatic heterocycles. The van der Waals surface area contributed by atoms with Gasteiger partial charge in [0.25, 0.3) is 0 Å². The number of hydrogen-bond donors (Lipinski definition) is 2. The minimum absolute atomic E-state index is 0.122. The average Bonchev–Trinajstić information content (AvgIpc) is 2.95. The van der Waals surface area contributed by atoms with E-state index in [1.54, 1.807) is 0 Å². The van der Waals surface area contributed by atoms with Crippen molar-refractivity contribution in [3.8, 4) is 0 Å². The lowest BCUT2D eigenvalue weighted by Crippen LogP contribution is -2.50. The van der Waals surface area contributed by atoms with Crippen LogP contribution in [-0.4, -0.2) is 35.4 Å². The standard InChI is InChI=1S/C12H21NO3/c1-12(2)7-9(5-6-16-12)13-10(11(14)15)8-3-4-8/h8-10,13H,3-7H2,1-2H3,(H,14,15). The lowest BCUT2D eigenvalue weighted by molar-refractivity contribution is -0.141. The van der Waals surface area contributed by atoms with Crippen molar-refractivity contribution in [2.24, 2.45) is 5.92 Å². The summed E-state index contributed by atoms with van der Waals surface area (Å²) in [6.07, 6.45) is 3.91. The zero-order valence-electron chi connectivity index (χ0n) is 10.0. The fourth-order valence-corrected chi connectivity index (χ4v) is 2.47. The van der Waals surface area contributed by atoms with Crippen LogP contribution in [0.5, 0.6) is 0 Å². The van der Waals surface area contributed by atoms with E-state index in [9.17, 15) is 4.79 Å². The van der Waals surface area contributed by atoms with E-state index in [0.717, 1.165) is 32.3 Å². The third-order valence-corrected chi connectivity index (χ3v) is 3.47. The van der Waals surface area contributed by atoms with Crippen LogP contribution >= 0.6 is 0 Å². The molecule has 1 aliphatic heterocycles. The van der Waals surface area contributed by atoms with Gasteiger partial charge in [0, 0.05) is 12.6 Å². The fraction of sp³-hybridized carbons (Fsp3) is 0.917. The van der Waals surface area contributed by atoms with Gasteiger partial charge in [0.2, 0.25) is 0 Å². The van der Waals surface area contributed by atoms with Crippen LogP contribution in [0.3, 0.4) is 0 Å². The van der Waals surface area contributed by atoms with Crippen LogP contribution < -0.4 is 5.32 Å². The Morgan fingerprint density at radius 2 is 2.12 bits per heavy atom. The van der Waals surface area contributed by atoms with E-state index >= 15 is 0 Å². The molecule has 1 saturated heterocycles. The monoisotopic (exact) mass is 227 g/mol. The van der Waals surface area contributed by atoms with Crippen LogP contribution in [0.25, 0.3) is 0 Å². The molecule has 0 amide bonds. The molecule has 0 radical (unpaired) electrons. The molecule has 2 atom stereocenters. The number of carbonyl (C=O) groups is 1. The second-order valence-corrected chi connectivity index (χ2v) is 5.62. The van der Waals surface area contributed by atoms with Crippen molar-refractivity contribution in [1.29, 1.82) is 0 Å². The summed E-state index contributed by atoms with van der Waals surface area (Å²) in [4.78, 5) is 11.1. The first-order valence-corrected chi connectivity index (χ1v) is 6.11. The Balaban J connectivity index is 1.89. The van der Waals surface area contributed by atoms with Crippen LogP contribution in [-0.2, 0) is 9.53 Å². The Hall–Kier alpha value is -0.610. The van der Waals surface area contributed by atoms with Gasteiger partial charge in [-0.05, 0) is 45.4 Å². The van der Waals surface area contributed by atoms with E-state index in [-0.39, 0.29) is 17.7 Å². The fourth-order valence-electron chi connectivity index (χ4n) is 2.47. The van der Waals surface area contributed by atoms with Crippen molar-refractivity contribution in [2.45, 2.75) is 57.2 Å². The van der Waals surface area contributed by atoms with E-state index in [2.05, 4.69) is 19.2 Å². The van der Waals surface area contributed by atoms with Crippen molar-refractivity contribution in [1.82, 2.24) is 5.32 Å². The molecule has 1 aliphatic carbocycles. The summed E-state index contributed by atoms with van der Waals surface area (Å²) >= 11 is 0. The number of aliphatic carboxylic acids is 1. The topological polar surface area (TPSA) is 58.6 Å². The Morgan fingerprint density at radius 3 is 2.62 bits per heavy atom. The van der Waals surface area contributed by atoms with E-state index in [1.165, 1.54) is 0 Å². The molecule has 2 unspecified atom stereocenters. The summed E-state index contributed by atoms with van der Waals surface area (Å²) in [6, 6.07) is -0.0654. The summed E-state index contributed by atoms with van der Waals surface area (Å²) in [5.41, 5.74) is -0.122. The third kappa shape index (κ3) is 2.95. The molecule has 0 spiro atoms. The molecule has 92 valence electrons. The van der Waals surface area contributed by atoms with Gasteiger partial charge in [-0.15, -0.1) is 0 Å². The molecular weight excluding hydrogens is 206 g/mol. The van der Waals surface area contributed by atoms with Crippen molar-refractivity contribution >= 4 is 5.97 Å². The van der Waals surface area contributed by atoms with Gasteiger partial charge in [-0.2, -0.15) is 0 Å². The van der Waals surface area contributed by atoms with E-state index in [1.807, 2.05) is 0 Å². The van der Waals surface area contributed by atoms with Gasteiger partial charge >= 0.3 is 5.97 Å². The molecule has 0 aromatic rings. The number of ether oxygens (including phenoxy) is 1. The van der Waals surface area contributed by atoms with Gasteiger partial charge in [0.1, 0.15) is 6.04 Å². The molecule has 4 heteroatoms. The molecule has 2 N–H and O–H groups in total. The highest BCUT2D eigenvalue weighted by Crippen LogP contribution is 2.34. The first-order chi connectivity index (χ1) is 7.48. The highest BCUT2D eigenvalue weighted by molar-refractivity contribution is 5.74. The Labute approximate surface area is 96.4 Å². The van der Waals surface area contributed by atoms with Gasteiger partial charge in [0.05, 0.1) is 5.60 Å². The van der Waals surface area contributed by atoms with E-state index in [0.29, 0.717) is 5.92 Å². The van der Waals surface area contributed by atoms with E-state index < -0.39 is 5.97 Å². The minimum atomic E-state index is -0.702. The summed E-state index contributed by atoms with van der Waals surface area (Å²) in [7, 11) is 0. The zero-order chi connectivity index (χ0) is 11.8. The van der Waals surface area contributed by atoms with Crippen LogP contribution in [0.1, 0.15) is 39.5 Å². The van der Waals surface area contributed by atoms with Crippen LogP contribution in [0, 0.1) is 5.92 Å². The van der Waals surface area contributed by atoms with Crippen LogP contribution in [0.2, 0.25) is 0 Å². The molecule has 2 aliphatic rings.